The average molecular weight is 359 g/mol. The van der Waals surface area contributed by atoms with E-state index in [0.29, 0.717) is 6.04 Å². The summed E-state index contributed by atoms with van der Waals surface area (Å²) in [5.74, 6) is 0.878. The molecule has 2 nitrogen and oxygen atoms in total. The fourth-order valence-corrected chi connectivity index (χ4v) is 2.26. The maximum Gasteiger partial charge on any atom is 0.0494 e. The number of nitrogens with one attached hydrogen (secondary N) is 1. The predicted octanol–water partition coefficient (Wildman–Crippen LogP) is 3.76. The highest BCUT2D eigenvalue weighted by Crippen LogP contribution is 2.28. The van der Waals surface area contributed by atoms with Gasteiger partial charge in [0.2, 0.25) is 0 Å². The standard InChI is InChI=1S/C15H22INO/c1-12(14-5-7-15(16)8-6-14)17-9-2-10-18-11-13-3-4-13/h5-8,12-13,17H,2-4,9-11H2,1H3. The molecular formula is C15H22INO. The van der Waals surface area contributed by atoms with Gasteiger partial charge in [0.25, 0.3) is 0 Å². The molecule has 1 aliphatic carbocycles. The lowest BCUT2D eigenvalue weighted by atomic mass is 10.1. The summed E-state index contributed by atoms with van der Waals surface area (Å²) in [5, 5.41) is 3.54. The molecule has 18 heavy (non-hydrogen) atoms. The lowest BCUT2D eigenvalue weighted by Gasteiger charge is -2.14. The van der Waals surface area contributed by atoms with Gasteiger partial charge in [0.05, 0.1) is 0 Å². The van der Waals surface area contributed by atoms with Gasteiger partial charge in [-0.2, -0.15) is 0 Å². The molecule has 1 fully saturated rings. The third-order valence-electron chi connectivity index (χ3n) is 3.34. The van der Waals surface area contributed by atoms with E-state index < -0.39 is 0 Å². The first-order chi connectivity index (χ1) is 8.75. The van der Waals surface area contributed by atoms with E-state index >= 15 is 0 Å². The van der Waals surface area contributed by atoms with Gasteiger partial charge in [0, 0.05) is 22.8 Å². The maximum absolute atomic E-state index is 5.62. The van der Waals surface area contributed by atoms with Crippen molar-refractivity contribution in [3.63, 3.8) is 0 Å². The van der Waals surface area contributed by atoms with Crippen molar-refractivity contribution in [1.82, 2.24) is 5.32 Å². The number of rotatable bonds is 8. The van der Waals surface area contributed by atoms with Crippen LogP contribution in [-0.2, 0) is 4.74 Å². The second-order valence-electron chi connectivity index (χ2n) is 5.10. The maximum atomic E-state index is 5.62. The minimum Gasteiger partial charge on any atom is -0.381 e. The van der Waals surface area contributed by atoms with E-state index in [9.17, 15) is 0 Å². The minimum atomic E-state index is 0.422. The second-order valence-corrected chi connectivity index (χ2v) is 6.34. The summed E-state index contributed by atoms with van der Waals surface area (Å²) in [6.45, 7) is 5.11. The van der Waals surface area contributed by atoms with Crippen molar-refractivity contribution in [2.75, 3.05) is 19.8 Å². The molecule has 0 heterocycles. The van der Waals surface area contributed by atoms with Crippen LogP contribution in [0.2, 0.25) is 0 Å². The van der Waals surface area contributed by atoms with Crippen LogP contribution in [0.25, 0.3) is 0 Å². The number of benzene rings is 1. The van der Waals surface area contributed by atoms with Gasteiger partial charge in [-0.15, -0.1) is 0 Å². The highest BCUT2D eigenvalue weighted by Gasteiger charge is 2.20. The van der Waals surface area contributed by atoms with E-state index in [1.807, 2.05) is 0 Å². The van der Waals surface area contributed by atoms with Gasteiger partial charge in [-0.05, 0) is 78.9 Å². The van der Waals surface area contributed by atoms with Crippen LogP contribution >= 0.6 is 22.6 Å². The zero-order chi connectivity index (χ0) is 12.8. The van der Waals surface area contributed by atoms with Crippen LogP contribution in [0.5, 0.6) is 0 Å². The van der Waals surface area contributed by atoms with E-state index in [2.05, 4.69) is 59.1 Å². The summed E-state index contributed by atoms with van der Waals surface area (Å²) in [6.07, 6.45) is 3.85. The molecule has 1 N–H and O–H groups in total. The molecule has 0 bridgehead atoms. The van der Waals surface area contributed by atoms with Gasteiger partial charge in [-0.3, -0.25) is 0 Å². The van der Waals surface area contributed by atoms with E-state index in [1.165, 1.54) is 22.0 Å². The van der Waals surface area contributed by atoms with Gasteiger partial charge >= 0.3 is 0 Å². The fourth-order valence-electron chi connectivity index (χ4n) is 1.90. The van der Waals surface area contributed by atoms with Crippen LogP contribution < -0.4 is 5.32 Å². The number of halogens is 1. The van der Waals surface area contributed by atoms with E-state index in [1.54, 1.807) is 0 Å². The normalized spacial score (nSPS) is 16.8. The Morgan fingerprint density at radius 3 is 2.72 bits per heavy atom. The molecule has 0 spiro atoms. The van der Waals surface area contributed by atoms with Crippen molar-refractivity contribution >= 4 is 22.6 Å². The Labute approximate surface area is 124 Å². The Morgan fingerprint density at radius 1 is 1.33 bits per heavy atom. The van der Waals surface area contributed by atoms with Crippen LogP contribution in [0.1, 0.15) is 37.8 Å². The Bertz CT molecular complexity index is 348. The van der Waals surface area contributed by atoms with Crippen LogP contribution in [0.15, 0.2) is 24.3 Å². The first-order valence-electron chi connectivity index (χ1n) is 6.82. The van der Waals surface area contributed by atoms with Crippen molar-refractivity contribution in [3.05, 3.63) is 33.4 Å². The summed E-state index contributed by atoms with van der Waals surface area (Å²) in [4.78, 5) is 0. The molecule has 0 amide bonds. The van der Waals surface area contributed by atoms with E-state index in [-0.39, 0.29) is 0 Å². The second kappa shape index (κ2) is 7.46. The first-order valence-corrected chi connectivity index (χ1v) is 7.90. The molecule has 1 aromatic carbocycles. The van der Waals surface area contributed by atoms with Crippen LogP contribution in [-0.4, -0.2) is 19.8 Å². The third kappa shape index (κ3) is 5.24. The number of hydrogen-bond donors (Lipinski definition) is 1. The number of ether oxygens (including phenoxy) is 1. The van der Waals surface area contributed by atoms with Crippen molar-refractivity contribution in [3.8, 4) is 0 Å². The molecule has 1 atom stereocenters. The van der Waals surface area contributed by atoms with Crippen LogP contribution in [0.3, 0.4) is 0 Å². The first kappa shape index (κ1) is 14.3. The van der Waals surface area contributed by atoms with Crippen LogP contribution in [0, 0.1) is 9.49 Å². The zero-order valence-electron chi connectivity index (χ0n) is 11.0. The Hall–Kier alpha value is -0.130. The SMILES string of the molecule is CC(NCCCOCC1CC1)c1ccc(I)cc1. The topological polar surface area (TPSA) is 21.3 Å². The van der Waals surface area contributed by atoms with Gasteiger partial charge < -0.3 is 10.1 Å². The molecule has 1 unspecified atom stereocenters. The van der Waals surface area contributed by atoms with Crippen LogP contribution in [0.4, 0.5) is 0 Å². The summed E-state index contributed by atoms with van der Waals surface area (Å²) < 4.78 is 6.91. The zero-order valence-corrected chi connectivity index (χ0v) is 13.2. The Balaban J connectivity index is 1.56. The highest BCUT2D eigenvalue weighted by molar-refractivity contribution is 14.1. The summed E-state index contributed by atoms with van der Waals surface area (Å²) in [6, 6.07) is 9.14. The molecule has 0 aromatic heterocycles. The van der Waals surface area contributed by atoms with E-state index in [4.69, 9.17) is 4.74 Å². The monoisotopic (exact) mass is 359 g/mol. The Kier molecular flexibility index (Phi) is 5.92. The quantitative estimate of drug-likeness (QED) is 0.564. The van der Waals surface area contributed by atoms with Gasteiger partial charge in [0.15, 0.2) is 0 Å². The molecule has 0 radical (unpaired) electrons. The molecule has 0 saturated heterocycles. The molecule has 2 rings (SSSR count). The van der Waals surface area contributed by atoms with Gasteiger partial charge in [-0.1, -0.05) is 12.1 Å². The van der Waals surface area contributed by atoms with Gasteiger partial charge in [0.1, 0.15) is 0 Å². The third-order valence-corrected chi connectivity index (χ3v) is 4.06. The van der Waals surface area contributed by atoms with Crippen molar-refractivity contribution in [1.29, 1.82) is 0 Å². The Morgan fingerprint density at radius 2 is 2.06 bits per heavy atom. The van der Waals surface area contributed by atoms with Crippen molar-refractivity contribution in [2.24, 2.45) is 5.92 Å². The van der Waals surface area contributed by atoms with Crippen molar-refractivity contribution < 1.29 is 4.74 Å². The molecule has 0 aliphatic heterocycles. The highest BCUT2D eigenvalue weighted by atomic mass is 127. The van der Waals surface area contributed by atoms with Crippen molar-refractivity contribution in [2.45, 2.75) is 32.2 Å². The summed E-state index contributed by atoms with van der Waals surface area (Å²) in [5.41, 5.74) is 1.36. The van der Waals surface area contributed by atoms with E-state index in [0.717, 1.165) is 32.1 Å². The predicted molar refractivity (Wildman–Crippen MR) is 83.7 cm³/mol. The lowest BCUT2D eigenvalue weighted by molar-refractivity contribution is 0.121. The largest absolute Gasteiger partial charge is 0.381 e. The fraction of sp³-hybridized carbons (Fsp3) is 0.600. The molecule has 1 aliphatic rings. The molecule has 3 heteroatoms. The number of hydrogen-bond acceptors (Lipinski definition) is 2. The molecular weight excluding hydrogens is 337 g/mol. The minimum absolute atomic E-state index is 0.422. The molecule has 100 valence electrons. The summed E-state index contributed by atoms with van der Waals surface area (Å²) >= 11 is 2.34. The smallest absolute Gasteiger partial charge is 0.0494 e. The summed E-state index contributed by atoms with van der Waals surface area (Å²) in [7, 11) is 0. The average Bonchev–Trinajstić information content (AvgIpc) is 3.18. The lowest BCUT2D eigenvalue weighted by Crippen LogP contribution is -2.21. The van der Waals surface area contributed by atoms with Gasteiger partial charge in [-0.25, -0.2) is 0 Å². The molecule has 1 saturated carbocycles. The molecule has 1 aromatic rings.